The fourth-order valence-corrected chi connectivity index (χ4v) is 2.01. The highest BCUT2D eigenvalue weighted by Crippen LogP contribution is 2.23. The Balaban J connectivity index is 2.50. The van der Waals surface area contributed by atoms with E-state index in [0.717, 1.165) is 10.6 Å². The fraction of sp³-hybridized carbons (Fsp3) is 0.250. The molecule has 0 aliphatic rings. The number of benzene rings is 1. The van der Waals surface area contributed by atoms with Gasteiger partial charge in [-0.2, -0.15) is 0 Å². The van der Waals surface area contributed by atoms with Gasteiger partial charge in [-0.25, -0.2) is 0 Å². The minimum atomic E-state index is -0.122. The number of amides is 1. The van der Waals surface area contributed by atoms with E-state index >= 15 is 0 Å². The molecule has 0 saturated heterocycles. The molecule has 0 saturated carbocycles. The maximum atomic E-state index is 11.6. The van der Waals surface area contributed by atoms with Gasteiger partial charge in [0.1, 0.15) is 0 Å². The van der Waals surface area contributed by atoms with Crippen molar-refractivity contribution in [1.82, 2.24) is 5.32 Å². The van der Waals surface area contributed by atoms with Gasteiger partial charge in [0.2, 0.25) is 5.91 Å². The third-order valence-corrected chi connectivity index (χ3v) is 3.09. The molecule has 1 atom stereocenters. The molecule has 4 heteroatoms. The minimum absolute atomic E-state index is 0.0155. The molecule has 1 amide bonds. The molecule has 1 unspecified atom stereocenters. The maximum Gasteiger partial charge on any atom is 0.233 e. The summed E-state index contributed by atoms with van der Waals surface area (Å²) < 4.78 is 0. The number of anilines is 1. The van der Waals surface area contributed by atoms with Crippen LogP contribution in [-0.2, 0) is 4.79 Å². The van der Waals surface area contributed by atoms with E-state index in [9.17, 15) is 4.79 Å². The monoisotopic (exact) mass is 236 g/mol. The van der Waals surface area contributed by atoms with Gasteiger partial charge >= 0.3 is 0 Å². The van der Waals surface area contributed by atoms with Crippen LogP contribution in [0.3, 0.4) is 0 Å². The molecule has 0 aliphatic carbocycles. The summed E-state index contributed by atoms with van der Waals surface area (Å²) in [5.74, 6) is 0.0155. The van der Waals surface area contributed by atoms with Crippen LogP contribution in [0.25, 0.3) is 0 Å². The van der Waals surface area contributed by atoms with Crippen molar-refractivity contribution in [2.45, 2.75) is 17.1 Å². The van der Waals surface area contributed by atoms with Gasteiger partial charge < -0.3 is 11.1 Å². The molecule has 0 aliphatic heterocycles. The third kappa shape index (κ3) is 3.98. The number of rotatable bonds is 5. The molecule has 1 rings (SSSR count). The lowest BCUT2D eigenvalue weighted by Gasteiger charge is -2.10. The number of nitrogens with one attached hydrogen (secondary N) is 1. The minimum Gasteiger partial charge on any atom is -0.399 e. The molecule has 0 fully saturated rings. The second-order valence-electron chi connectivity index (χ2n) is 3.36. The van der Waals surface area contributed by atoms with E-state index in [0.29, 0.717) is 6.54 Å². The molecule has 1 aromatic carbocycles. The largest absolute Gasteiger partial charge is 0.399 e. The molecule has 3 nitrogen and oxygen atoms in total. The van der Waals surface area contributed by atoms with E-state index in [1.54, 1.807) is 6.08 Å². The zero-order chi connectivity index (χ0) is 12.0. The van der Waals surface area contributed by atoms with Crippen molar-refractivity contribution in [3.8, 4) is 0 Å². The molecule has 0 heterocycles. The first kappa shape index (κ1) is 12.6. The number of carbonyl (C=O) groups excluding carboxylic acids is 1. The van der Waals surface area contributed by atoms with Gasteiger partial charge in [-0.05, 0) is 31.2 Å². The molecular weight excluding hydrogens is 220 g/mol. The Labute approximate surface area is 100 Å². The number of hydrogen-bond donors (Lipinski definition) is 2. The summed E-state index contributed by atoms with van der Waals surface area (Å²) in [6.07, 6.45) is 1.67. The summed E-state index contributed by atoms with van der Waals surface area (Å²) in [6.45, 7) is 5.93. The first-order valence-electron chi connectivity index (χ1n) is 5.04. The maximum absolute atomic E-state index is 11.6. The van der Waals surface area contributed by atoms with Crippen LogP contribution in [0.5, 0.6) is 0 Å². The quantitative estimate of drug-likeness (QED) is 0.467. The highest BCUT2D eigenvalue weighted by atomic mass is 32.2. The molecule has 0 aromatic heterocycles. The number of hydrogen-bond acceptors (Lipinski definition) is 3. The van der Waals surface area contributed by atoms with Crippen LogP contribution < -0.4 is 11.1 Å². The molecule has 86 valence electrons. The second-order valence-corrected chi connectivity index (χ2v) is 4.78. The van der Waals surface area contributed by atoms with Crippen molar-refractivity contribution in [3.63, 3.8) is 0 Å². The highest BCUT2D eigenvalue weighted by molar-refractivity contribution is 8.00. The average Bonchev–Trinajstić information content (AvgIpc) is 2.29. The predicted molar refractivity (Wildman–Crippen MR) is 69.4 cm³/mol. The van der Waals surface area contributed by atoms with E-state index in [4.69, 9.17) is 5.73 Å². The normalized spacial score (nSPS) is 11.8. The van der Waals surface area contributed by atoms with E-state index in [1.165, 1.54) is 11.8 Å². The van der Waals surface area contributed by atoms with Crippen molar-refractivity contribution in [2.75, 3.05) is 12.3 Å². The van der Waals surface area contributed by atoms with Crippen molar-refractivity contribution in [3.05, 3.63) is 36.9 Å². The van der Waals surface area contributed by atoms with Gasteiger partial charge in [-0.3, -0.25) is 4.79 Å². The third-order valence-electron chi connectivity index (χ3n) is 1.98. The van der Waals surface area contributed by atoms with Crippen LogP contribution >= 0.6 is 11.8 Å². The molecule has 3 N–H and O–H groups in total. The Hall–Kier alpha value is -1.42. The second kappa shape index (κ2) is 6.23. The molecule has 16 heavy (non-hydrogen) atoms. The molecule has 0 radical (unpaired) electrons. The van der Waals surface area contributed by atoms with Crippen LogP contribution in [0, 0.1) is 0 Å². The van der Waals surface area contributed by atoms with Crippen LogP contribution in [0.15, 0.2) is 41.8 Å². The fourth-order valence-electron chi connectivity index (χ4n) is 1.12. The zero-order valence-electron chi connectivity index (χ0n) is 9.27. The van der Waals surface area contributed by atoms with Gasteiger partial charge in [0.15, 0.2) is 0 Å². The summed E-state index contributed by atoms with van der Waals surface area (Å²) in [5.41, 5.74) is 6.31. The van der Waals surface area contributed by atoms with E-state index in [1.807, 2.05) is 31.2 Å². The first-order valence-corrected chi connectivity index (χ1v) is 5.92. The Kier molecular flexibility index (Phi) is 4.92. The number of nitrogen functional groups attached to an aromatic ring is 1. The SMILES string of the molecule is C=CCNC(=O)C(C)Sc1ccc(N)cc1. The summed E-state index contributed by atoms with van der Waals surface area (Å²) in [4.78, 5) is 12.6. The van der Waals surface area contributed by atoms with Crippen molar-refractivity contribution >= 4 is 23.4 Å². The average molecular weight is 236 g/mol. The Bertz CT molecular complexity index is 362. The first-order chi connectivity index (χ1) is 7.63. The van der Waals surface area contributed by atoms with Crippen LogP contribution in [0.2, 0.25) is 0 Å². The lowest BCUT2D eigenvalue weighted by molar-refractivity contribution is -0.120. The van der Waals surface area contributed by atoms with Gasteiger partial charge in [-0.15, -0.1) is 18.3 Å². The van der Waals surface area contributed by atoms with Gasteiger partial charge in [0, 0.05) is 17.1 Å². The number of carbonyl (C=O) groups is 1. The lowest BCUT2D eigenvalue weighted by atomic mass is 10.3. The smallest absolute Gasteiger partial charge is 0.233 e. The molecule has 0 bridgehead atoms. The topological polar surface area (TPSA) is 55.1 Å². The van der Waals surface area contributed by atoms with Crippen LogP contribution in [0.1, 0.15) is 6.92 Å². The highest BCUT2D eigenvalue weighted by Gasteiger charge is 2.12. The summed E-state index contributed by atoms with van der Waals surface area (Å²) in [5, 5.41) is 2.64. The van der Waals surface area contributed by atoms with E-state index in [-0.39, 0.29) is 11.2 Å². The summed E-state index contributed by atoms with van der Waals surface area (Å²) >= 11 is 1.51. The van der Waals surface area contributed by atoms with Crippen molar-refractivity contribution < 1.29 is 4.79 Å². The van der Waals surface area contributed by atoms with Crippen LogP contribution in [0.4, 0.5) is 5.69 Å². The van der Waals surface area contributed by atoms with Crippen LogP contribution in [-0.4, -0.2) is 17.7 Å². The van der Waals surface area contributed by atoms with Crippen molar-refractivity contribution in [1.29, 1.82) is 0 Å². The van der Waals surface area contributed by atoms with Crippen molar-refractivity contribution in [2.24, 2.45) is 0 Å². The predicted octanol–water partition coefficient (Wildman–Crippen LogP) is 2.05. The molecular formula is C12H16N2OS. The van der Waals surface area contributed by atoms with Gasteiger partial charge in [0.05, 0.1) is 5.25 Å². The van der Waals surface area contributed by atoms with Gasteiger partial charge in [0.25, 0.3) is 0 Å². The zero-order valence-corrected chi connectivity index (χ0v) is 10.1. The lowest BCUT2D eigenvalue weighted by Crippen LogP contribution is -2.30. The summed E-state index contributed by atoms with van der Waals surface area (Å²) in [6, 6.07) is 7.49. The summed E-state index contributed by atoms with van der Waals surface area (Å²) in [7, 11) is 0. The molecule has 1 aromatic rings. The number of thioether (sulfide) groups is 1. The number of nitrogens with two attached hydrogens (primary N) is 1. The Morgan fingerprint density at radius 1 is 1.56 bits per heavy atom. The standard InChI is InChI=1S/C12H16N2OS/c1-3-8-14-12(15)9(2)16-11-6-4-10(13)5-7-11/h3-7,9H,1,8,13H2,2H3,(H,14,15). The molecule has 0 spiro atoms. The van der Waals surface area contributed by atoms with E-state index in [2.05, 4.69) is 11.9 Å². The Morgan fingerprint density at radius 3 is 2.75 bits per heavy atom. The Morgan fingerprint density at radius 2 is 2.19 bits per heavy atom. The van der Waals surface area contributed by atoms with Gasteiger partial charge in [-0.1, -0.05) is 6.08 Å². The van der Waals surface area contributed by atoms with E-state index < -0.39 is 0 Å².